The number of Topliss-reactive ketones (excluding diaryl/α,β-unsaturated/α-hetero) is 1. The van der Waals surface area contributed by atoms with Gasteiger partial charge in [0, 0.05) is 25.7 Å². The molecule has 0 radical (unpaired) electrons. The van der Waals surface area contributed by atoms with Gasteiger partial charge in [-0.2, -0.15) is 0 Å². The van der Waals surface area contributed by atoms with E-state index in [-0.39, 0.29) is 5.78 Å². The van der Waals surface area contributed by atoms with E-state index in [2.05, 4.69) is 23.8 Å². The third-order valence-electron chi connectivity index (χ3n) is 3.72. The van der Waals surface area contributed by atoms with E-state index in [9.17, 15) is 4.79 Å². The second-order valence-electron chi connectivity index (χ2n) is 5.21. The lowest BCUT2D eigenvalue weighted by Gasteiger charge is -2.37. The molecule has 1 aliphatic heterocycles. The molecule has 1 unspecified atom stereocenters. The number of carbonyl (C=O) groups is 1. The zero-order chi connectivity index (χ0) is 13.8. The highest BCUT2D eigenvalue weighted by Gasteiger charge is 2.24. The number of nitrogens with zero attached hydrogens (tertiary/aromatic N) is 2. The standard InChI is InChI=1S/C15H22N2O2/c1-12-10-16(2)8-9-17(12)11-14(18)13-6-4-5-7-15(13)19-3/h4-7,12H,8-11H2,1-3H3. The molecule has 1 aliphatic rings. The van der Waals surface area contributed by atoms with Crippen molar-refractivity contribution in [2.75, 3.05) is 40.3 Å². The Balaban J connectivity index is 2.04. The van der Waals surface area contributed by atoms with Gasteiger partial charge in [0.1, 0.15) is 5.75 Å². The minimum Gasteiger partial charge on any atom is -0.496 e. The average Bonchev–Trinajstić information content (AvgIpc) is 2.41. The van der Waals surface area contributed by atoms with Crippen LogP contribution in [0.4, 0.5) is 0 Å². The first-order valence-electron chi connectivity index (χ1n) is 6.70. The van der Waals surface area contributed by atoms with Crippen LogP contribution in [0.3, 0.4) is 0 Å². The topological polar surface area (TPSA) is 32.8 Å². The molecule has 4 nitrogen and oxygen atoms in total. The van der Waals surface area contributed by atoms with Crippen LogP contribution in [0, 0.1) is 0 Å². The molecule has 1 atom stereocenters. The summed E-state index contributed by atoms with van der Waals surface area (Å²) in [4.78, 5) is 16.9. The van der Waals surface area contributed by atoms with Gasteiger partial charge in [0.05, 0.1) is 19.2 Å². The first-order valence-corrected chi connectivity index (χ1v) is 6.70. The Kier molecular flexibility index (Phi) is 4.56. The van der Waals surface area contributed by atoms with Gasteiger partial charge in [-0.15, -0.1) is 0 Å². The summed E-state index contributed by atoms with van der Waals surface area (Å²) in [6.07, 6.45) is 0. The van der Waals surface area contributed by atoms with Crippen molar-refractivity contribution in [1.29, 1.82) is 0 Å². The summed E-state index contributed by atoms with van der Waals surface area (Å²) in [6.45, 7) is 5.61. The average molecular weight is 262 g/mol. The fraction of sp³-hybridized carbons (Fsp3) is 0.533. The zero-order valence-electron chi connectivity index (χ0n) is 11.9. The highest BCUT2D eigenvalue weighted by molar-refractivity contribution is 6.00. The predicted molar refractivity (Wildman–Crippen MR) is 75.9 cm³/mol. The van der Waals surface area contributed by atoms with Crippen molar-refractivity contribution in [1.82, 2.24) is 9.80 Å². The molecule has 0 bridgehead atoms. The molecule has 0 aliphatic carbocycles. The number of methoxy groups -OCH3 is 1. The number of carbonyl (C=O) groups excluding carboxylic acids is 1. The Morgan fingerprint density at radius 1 is 1.37 bits per heavy atom. The van der Waals surface area contributed by atoms with Crippen LogP contribution < -0.4 is 4.74 Å². The Morgan fingerprint density at radius 3 is 2.79 bits per heavy atom. The van der Waals surface area contributed by atoms with E-state index in [0.717, 1.165) is 19.6 Å². The quantitative estimate of drug-likeness (QED) is 0.770. The van der Waals surface area contributed by atoms with Gasteiger partial charge in [0.2, 0.25) is 0 Å². The minimum atomic E-state index is 0.133. The highest BCUT2D eigenvalue weighted by atomic mass is 16.5. The summed E-state index contributed by atoms with van der Waals surface area (Å²) in [7, 11) is 3.72. The van der Waals surface area contributed by atoms with Gasteiger partial charge < -0.3 is 9.64 Å². The number of piperazine rings is 1. The number of rotatable bonds is 4. The van der Waals surface area contributed by atoms with E-state index < -0.39 is 0 Å². The summed E-state index contributed by atoms with van der Waals surface area (Å²) in [5, 5.41) is 0. The lowest BCUT2D eigenvalue weighted by molar-refractivity contribution is 0.0745. The largest absolute Gasteiger partial charge is 0.496 e. The number of ether oxygens (including phenoxy) is 1. The van der Waals surface area contributed by atoms with E-state index in [1.807, 2.05) is 24.3 Å². The Bertz CT molecular complexity index is 448. The van der Waals surface area contributed by atoms with Gasteiger partial charge in [0.25, 0.3) is 0 Å². The zero-order valence-corrected chi connectivity index (χ0v) is 11.9. The molecule has 104 valence electrons. The lowest BCUT2D eigenvalue weighted by Crippen LogP contribution is -2.51. The molecule has 1 saturated heterocycles. The summed E-state index contributed by atoms with van der Waals surface area (Å²) in [5.41, 5.74) is 0.677. The lowest BCUT2D eigenvalue weighted by atomic mass is 10.1. The fourth-order valence-corrected chi connectivity index (χ4v) is 2.56. The molecular formula is C15H22N2O2. The molecule has 1 aromatic carbocycles. The maximum absolute atomic E-state index is 12.4. The minimum absolute atomic E-state index is 0.133. The smallest absolute Gasteiger partial charge is 0.180 e. The van der Waals surface area contributed by atoms with Crippen LogP contribution in [0.25, 0.3) is 0 Å². The SMILES string of the molecule is COc1ccccc1C(=O)CN1CCN(C)CC1C. The van der Waals surface area contributed by atoms with Crippen LogP contribution in [-0.4, -0.2) is 62.0 Å². The normalized spacial score (nSPS) is 21.3. The van der Waals surface area contributed by atoms with Crippen molar-refractivity contribution in [3.8, 4) is 5.75 Å². The molecule has 4 heteroatoms. The van der Waals surface area contributed by atoms with E-state index in [4.69, 9.17) is 4.74 Å². The number of benzene rings is 1. The molecular weight excluding hydrogens is 240 g/mol. The van der Waals surface area contributed by atoms with Crippen molar-refractivity contribution in [2.24, 2.45) is 0 Å². The van der Waals surface area contributed by atoms with Crippen LogP contribution in [0.2, 0.25) is 0 Å². The van der Waals surface area contributed by atoms with Crippen LogP contribution in [0.5, 0.6) is 5.75 Å². The van der Waals surface area contributed by atoms with Gasteiger partial charge in [-0.3, -0.25) is 9.69 Å². The van der Waals surface area contributed by atoms with E-state index in [1.54, 1.807) is 7.11 Å². The van der Waals surface area contributed by atoms with Crippen LogP contribution >= 0.6 is 0 Å². The van der Waals surface area contributed by atoms with Gasteiger partial charge in [0.15, 0.2) is 5.78 Å². The third kappa shape index (κ3) is 3.33. The number of hydrogen-bond donors (Lipinski definition) is 0. The number of hydrogen-bond acceptors (Lipinski definition) is 4. The molecule has 0 N–H and O–H groups in total. The van der Waals surface area contributed by atoms with E-state index >= 15 is 0 Å². The van der Waals surface area contributed by atoms with Gasteiger partial charge in [-0.25, -0.2) is 0 Å². The second-order valence-corrected chi connectivity index (χ2v) is 5.21. The van der Waals surface area contributed by atoms with E-state index in [1.165, 1.54) is 0 Å². The first kappa shape index (κ1) is 14.0. The third-order valence-corrected chi connectivity index (χ3v) is 3.72. The summed E-state index contributed by atoms with van der Waals surface area (Å²) < 4.78 is 5.25. The van der Waals surface area contributed by atoms with Crippen LogP contribution in [0.15, 0.2) is 24.3 Å². The number of para-hydroxylation sites is 1. The molecule has 2 rings (SSSR count). The van der Waals surface area contributed by atoms with Crippen LogP contribution in [-0.2, 0) is 0 Å². The summed E-state index contributed by atoms with van der Waals surface area (Å²) in [5.74, 6) is 0.795. The van der Waals surface area contributed by atoms with E-state index in [0.29, 0.717) is 23.9 Å². The second kappa shape index (κ2) is 6.17. The maximum atomic E-state index is 12.4. The van der Waals surface area contributed by atoms with Gasteiger partial charge in [-0.1, -0.05) is 12.1 Å². The maximum Gasteiger partial charge on any atom is 0.180 e. The molecule has 0 aromatic heterocycles. The van der Waals surface area contributed by atoms with Gasteiger partial charge in [-0.05, 0) is 26.1 Å². The van der Waals surface area contributed by atoms with Crippen LogP contribution in [0.1, 0.15) is 17.3 Å². The molecule has 1 fully saturated rings. The molecule has 1 heterocycles. The first-order chi connectivity index (χ1) is 9.11. The molecule has 0 saturated carbocycles. The predicted octanol–water partition coefficient (Wildman–Crippen LogP) is 1.51. The van der Waals surface area contributed by atoms with Crippen molar-refractivity contribution in [2.45, 2.75) is 13.0 Å². The van der Waals surface area contributed by atoms with Crippen molar-refractivity contribution >= 4 is 5.78 Å². The Hall–Kier alpha value is -1.39. The highest BCUT2D eigenvalue weighted by Crippen LogP contribution is 2.19. The van der Waals surface area contributed by atoms with Crippen molar-refractivity contribution in [3.05, 3.63) is 29.8 Å². The molecule has 1 aromatic rings. The molecule has 0 spiro atoms. The Morgan fingerprint density at radius 2 is 2.11 bits per heavy atom. The number of ketones is 1. The Labute approximate surface area is 115 Å². The summed E-state index contributed by atoms with van der Waals surface area (Å²) in [6, 6.07) is 7.84. The molecule has 19 heavy (non-hydrogen) atoms. The van der Waals surface area contributed by atoms with Crippen molar-refractivity contribution in [3.63, 3.8) is 0 Å². The fourth-order valence-electron chi connectivity index (χ4n) is 2.56. The number of likely N-dealkylation sites (N-methyl/N-ethyl adjacent to an activating group) is 1. The van der Waals surface area contributed by atoms with Crippen molar-refractivity contribution < 1.29 is 9.53 Å². The van der Waals surface area contributed by atoms with Gasteiger partial charge >= 0.3 is 0 Å². The summed E-state index contributed by atoms with van der Waals surface area (Å²) >= 11 is 0. The monoisotopic (exact) mass is 262 g/mol. The molecule has 0 amide bonds.